The molecule has 0 spiro atoms. The molecule has 0 bridgehead atoms. The Balaban J connectivity index is 2.21. The van der Waals surface area contributed by atoms with Gasteiger partial charge in [0.1, 0.15) is 0 Å². The van der Waals surface area contributed by atoms with E-state index in [1.165, 1.54) is 11.1 Å². The zero-order valence-corrected chi connectivity index (χ0v) is 14.1. The molecule has 1 aromatic carbocycles. The second-order valence-electron chi connectivity index (χ2n) is 4.96. The van der Waals surface area contributed by atoms with Crippen molar-refractivity contribution < 1.29 is 0 Å². The summed E-state index contributed by atoms with van der Waals surface area (Å²) in [5.41, 5.74) is 3.85. The molecule has 0 saturated heterocycles. The summed E-state index contributed by atoms with van der Waals surface area (Å²) < 4.78 is 0. The average Bonchev–Trinajstić information content (AvgIpc) is 2.83. The third-order valence-electron chi connectivity index (χ3n) is 3.35. The summed E-state index contributed by atoms with van der Waals surface area (Å²) in [6, 6.07) is 6.04. The maximum atomic E-state index is 6.30. The van der Waals surface area contributed by atoms with Crippen LogP contribution in [0.25, 0.3) is 0 Å². The van der Waals surface area contributed by atoms with Crippen LogP contribution in [0.2, 0.25) is 10.0 Å². The van der Waals surface area contributed by atoms with E-state index in [2.05, 4.69) is 29.9 Å². The molecule has 2 aromatic rings. The summed E-state index contributed by atoms with van der Waals surface area (Å²) in [6.45, 7) is 5.35. The Morgan fingerprint density at radius 2 is 2.05 bits per heavy atom. The van der Waals surface area contributed by atoms with Crippen molar-refractivity contribution >= 4 is 34.5 Å². The predicted octanol–water partition coefficient (Wildman–Crippen LogP) is 5.65. The first-order chi connectivity index (χ1) is 9.61. The zero-order chi connectivity index (χ0) is 14.5. The van der Waals surface area contributed by atoms with Gasteiger partial charge in [-0.3, -0.25) is 0 Å². The van der Waals surface area contributed by atoms with Crippen LogP contribution in [0.4, 0.5) is 0 Å². The highest BCUT2D eigenvalue weighted by molar-refractivity contribution is 7.08. The number of rotatable bonds is 6. The molecule has 4 heteroatoms. The zero-order valence-electron chi connectivity index (χ0n) is 11.7. The Kier molecular flexibility index (Phi) is 5.91. The molecular formula is C16H19Cl2NS. The largest absolute Gasteiger partial charge is 0.310 e. The molecule has 0 radical (unpaired) electrons. The van der Waals surface area contributed by atoms with E-state index in [0.29, 0.717) is 11.1 Å². The fraction of sp³-hybridized carbons (Fsp3) is 0.375. The van der Waals surface area contributed by atoms with Crippen LogP contribution in [-0.4, -0.2) is 6.54 Å². The van der Waals surface area contributed by atoms with Crippen LogP contribution in [0.3, 0.4) is 0 Å². The van der Waals surface area contributed by atoms with Crippen molar-refractivity contribution in [2.24, 2.45) is 0 Å². The maximum Gasteiger partial charge on any atom is 0.0453 e. The van der Waals surface area contributed by atoms with Gasteiger partial charge in [0.25, 0.3) is 0 Å². The highest BCUT2D eigenvalue weighted by atomic mass is 35.5. The molecule has 0 aliphatic carbocycles. The molecule has 0 aliphatic heterocycles. The lowest BCUT2D eigenvalue weighted by Crippen LogP contribution is -2.24. The van der Waals surface area contributed by atoms with Gasteiger partial charge in [-0.2, -0.15) is 11.3 Å². The van der Waals surface area contributed by atoms with Gasteiger partial charge in [-0.15, -0.1) is 0 Å². The van der Waals surface area contributed by atoms with Gasteiger partial charge >= 0.3 is 0 Å². The van der Waals surface area contributed by atoms with E-state index in [0.717, 1.165) is 30.0 Å². The van der Waals surface area contributed by atoms with E-state index in [9.17, 15) is 0 Å². The molecule has 0 fully saturated rings. The molecule has 1 atom stereocenters. The first-order valence-electron chi connectivity index (χ1n) is 6.81. The summed E-state index contributed by atoms with van der Waals surface area (Å²) in [4.78, 5) is 0. The van der Waals surface area contributed by atoms with E-state index < -0.39 is 0 Å². The Morgan fingerprint density at radius 1 is 1.25 bits per heavy atom. The van der Waals surface area contributed by atoms with Gasteiger partial charge in [0.05, 0.1) is 0 Å². The number of hydrogen-bond acceptors (Lipinski definition) is 2. The van der Waals surface area contributed by atoms with E-state index in [1.54, 1.807) is 11.3 Å². The van der Waals surface area contributed by atoms with Gasteiger partial charge in [0.15, 0.2) is 0 Å². The van der Waals surface area contributed by atoms with Gasteiger partial charge in [-0.25, -0.2) is 0 Å². The molecule has 108 valence electrons. The van der Waals surface area contributed by atoms with Gasteiger partial charge in [0.2, 0.25) is 0 Å². The molecule has 20 heavy (non-hydrogen) atoms. The minimum absolute atomic E-state index is 0.305. The van der Waals surface area contributed by atoms with Gasteiger partial charge in [0, 0.05) is 16.1 Å². The Bertz CT molecular complexity index is 565. The second kappa shape index (κ2) is 7.46. The fourth-order valence-electron chi connectivity index (χ4n) is 2.25. The minimum atomic E-state index is 0.305. The van der Waals surface area contributed by atoms with Gasteiger partial charge < -0.3 is 5.32 Å². The van der Waals surface area contributed by atoms with Crippen LogP contribution in [0, 0.1) is 6.92 Å². The van der Waals surface area contributed by atoms with Crippen molar-refractivity contribution in [1.29, 1.82) is 0 Å². The number of nitrogens with one attached hydrogen (secondary N) is 1. The van der Waals surface area contributed by atoms with Gasteiger partial charge in [-0.05, 0) is 65.9 Å². The summed E-state index contributed by atoms with van der Waals surface area (Å²) in [6.07, 6.45) is 2.00. The first kappa shape index (κ1) is 15.8. The lowest BCUT2D eigenvalue weighted by molar-refractivity contribution is 0.528. The highest BCUT2D eigenvalue weighted by Crippen LogP contribution is 2.29. The van der Waals surface area contributed by atoms with Crippen molar-refractivity contribution in [3.05, 3.63) is 55.7 Å². The van der Waals surface area contributed by atoms with Crippen LogP contribution >= 0.6 is 34.5 Å². The third kappa shape index (κ3) is 3.98. The number of benzene rings is 1. The number of hydrogen-bond donors (Lipinski definition) is 1. The second-order valence-corrected chi connectivity index (χ2v) is 6.54. The van der Waals surface area contributed by atoms with Crippen molar-refractivity contribution in [2.45, 2.75) is 32.7 Å². The monoisotopic (exact) mass is 327 g/mol. The van der Waals surface area contributed by atoms with Crippen molar-refractivity contribution in [3.63, 3.8) is 0 Å². The van der Waals surface area contributed by atoms with Crippen molar-refractivity contribution in [1.82, 2.24) is 5.32 Å². The highest BCUT2D eigenvalue weighted by Gasteiger charge is 2.16. The topological polar surface area (TPSA) is 12.0 Å². The van der Waals surface area contributed by atoms with Crippen LogP contribution in [0.15, 0.2) is 29.0 Å². The number of aryl methyl sites for hydroxylation is 1. The first-order valence-corrected chi connectivity index (χ1v) is 8.51. The molecule has 1 heterocycles. The SMILES string of the molecule is CCCNC(Cc1ccc(Cl)cc1Cl)c1cscc1C. The maximum absolute atomic E-state index is 6.30. The van der Waals surface area contributed by atoms with Crippen LogP contribution < -0.4 is 5.32 Å². The molecule has 2 rings (SSSR count). The van der Waals surface area contributed by atoms with E-state index >= 15 is 0 Å². The molecule has 1 nitrogen and oxygen atoms in total. The average molecular weight is 328 g/mol. The standard InChI is InChI=1S/C16H19Cl2NS/c1-3-6-19-16(14-10-20-9-11(14)2)7-12-4-5-13(17)8-15(12)18/h4-5,8-10,16,19H,3,6-7H2,1-2H3. The van der Waals surface area contributed by atoms with Crippen LogP contribution in [0.1, 0.15) is 36.1 Å². The normalized spacial score (nSPS) is 12.6. The molecule has 0 amide bonds. The predicted molar refractivity (Wildman–Crippen MR) is 90.3 cm³/mol. The van der Waals surface area contributed by atoms with Crippen LogP contribution in [0.5, 0.6) is 0 Å². The number of halogens is 2. The molecular weight excluding hydrogens is 309 g/mol. The smallest absolute Gasteiger partial charge is 0.0453 e. The van der Waals surface area contributed by atoms with E-state index in [-0.39, 0.29) is 0 Å². The van der Waals surface area contributed by atoms with Crippen molar-refractivity contribution in [3.8, 4) is 0 Å². The number of thiophene rings is 1. The van der Waals surface area contributed by atoms with Crippen molar-refractivity contribution in [2.75, 3.05) is 6.54 Å². The van der Waals surface area contributed by atoms with Crippen LogP contribution in [-0.2, 0) is 6.42 Å². The molecule has 0 aliphatic rings. The van der Waals surface area contributed by atoms with Gasteiger partial charge in [-0.1, -0.05) is 36.2 Å². The lowest BCUT2D eigenvalue weighted by atomic mass is 9.98. The molecule has 1 aromatic heterocycles. The summed E-state index contributed by atoms with van der Waals surface area (Å²) >= 11 is 14.0. The Labute approximate surface area is 134 Å². The summed E-state index contributed by atoms with van der Waals surface area (Å²) in [5, 5.41) is 9.47. The molecule has 1 unspecified atom stereocenters. The summed E-state index contributed by atoms with van der Waals surface area (Å²) in [5.74, 6) is 0. The summed E-state index contributed by atoms with van der Waals surface area (Å²) in [7, 11) is 0. The Hall–Kier alpha value is -0.540. The fourth-order valence-corrected chi connectivity index (χ4v) is 3.64. The lowest BCUT2D eigenvalue weighted by Gasteiger charge is -2.19. The molecule has 1 N–H and O–H groups in total. The Morgan fingerprint density at radius 3 is 2.65 bits per heavy atom. The van der Waals surface area contributed by atoms with E-state index in [1.807, 2.05) is 18.2 Å². The third-order valence-corrected chi connectivity index (χ3v) is 4.82. The molecule has 0 saturated carbocycles. The van der Waals surface area contributed by atoms with E-state index in [4.69, 9.17) is 23.2 Å². The quantitative estimate of drug-likeness (QED) is 0.723. The minimum Gasteiger partial charge on any atom is -0.310 e.